The van der Waals surface area contributed by atoms with Gasteiger partial charge in [0.1, 0.15) is 0 Å². The fourth-order valence-corrected chi connectivity index (χ4v) is 3.82. The van der Waals surface area contributed by atoms with E-state index in [0.29, 0.717) is 4.47 Å². The van der Waals surface area contributed by atoms with Gasteiger partial charge in [0, 0.05) is 17.4 Å². The lowest BCUT2D eigenvalue weighted by Crippen LogP contribution is -2.25. The first-order valence-electron chi connectivity index (χ1n) is 5.94. The molecule has 0 aliphatic rings. The molecule has 0 saturated carbocycles. The highest BCUT2D eigenvalue weighted by Crippen LogP contribution is 2.24. The van der Waals surface area contributed by atoms with E-state index in [4.69, 9.17) is 0 Å². The summed E-state index contributed by atoms with van der Waals surface area (Å²) in [5.74, 6) is 0. The van der Waals surface area contributed by atoms with Crippen LogP contribution in [0.3, 0.4) is 0 Å². The maximum absolute atomic E-state index is 12.0. The Labute approximate surface area is 124 Å². The molecule has 0 bridgehead atoms. The average Bonchev–Trinajstić information content (AvgIpc) is 2.26. The summed E-state index contributed by atoms with van der Waals surface area (Å²) in [7, 11) is -3.70. The quantitative estimate of drug-likeness (QED) is 0.771. The van der Waals surface area contributed by atoms with Crippen molar-refractivity contribution in [3.63, 3.8) is 0 Å². The molecule has 0 aliphatic heterocycles. The van der Waals surface area contributed by atoms with E-state index in [-0.39, 0.29) is 24.3 Å². The van der Waals surface area contributed by atoms with Crippen molar-refractivity contribution in [3.05, 3.63) is 28.2 Å². The van der Waals surface area contributed by atoms with Crippen LogP contribution in [0.4, 0.5) is 13.2 Å². The average molecular weight is 374 g/mol. The Kier molecular flexibility index (Phi) is 6.03. The van der Waals surface area contributed by atoms with E-state index < -0.39 is 22.6 Å². The molecule has 0 spiro atoms. The molecule has 0 aromatic heterocycles. The predicted octanol–water partition coefficient (Wildman–Crippen LogP) is 3.77. The standard InChI is InChI=1S/C12H15BrF3NO2S/c1-9-4-5-11(10(13)8-9)20(18,19)17-7-3-2-6-12(14,15)16/h4-5,8,17H,2-3,6-7H2,1H3. The summed E-state index contributed by atoms with van der Waals surface area (Å²) in [4.78, 5) is 0.0823. The van der Waals surface area contributed by atoms with E-state index in [1.54, 1.807) is 12.1 Å². The van der Waals surface area contributed by atoms with Crippen molar-refractivity contribution in [2.24, 2.45) is 0 Å². The van der Waals surface area contributed by atoms with E-state index in [2.05, 4.69) is 20.7 Å². The van der Waals surface area contributed by atoms with Gasteiger partial charge >= 0.3 is 6.18 Å². The lowest BCUT2D eigenvalue weighted by atomic mass is 10.2. The van der Waals surface area contributed by atoms with Crippen molar-refractivity contribution in [1.82, 2.24) is 4.72 Å². The summed E-state index contributed by atoms with van der Waals surface area (Å²) >= 11 is 3.16. The Balaban J connectivity index is 2.54. The molecule has 0 saturated heterocycles. The molecule has 3 nitrogen and oxygen atoms in total. The van der Waals surface area contributed by atoms with Crippen molar-refractivity contribution in [2.45, 2.75) is 37.3 Å². The Hall–Kier alpha value is -0.600. The number of halogens is 4. The van der Waals surface area contributed by atoms with Crippen LogP contribution in [0.2, 0.25) is 0 Å². The third-order valence-corrected chi connectivity index (χ3v) is 4.99. The highest BCUT2D eigenvalue weighted by atomic mass is 79.9. The van der Waals surface area contributed by atoms with Gasteiger partial charge in [0.05, 0.1) is 4.90 Å². The zero-order valence-electron chi connectivity index (χ0n) is 10.8. The Bertz CT molecular complexity index is 558. The molecule has 0 unspecified atom stereocenters. The zero-order valence-corrected chi connectivity index (χ0v) is 13.2. The van der Waals surface area contributed by atoms with Gasteiger partial charge in [-0.2, -0.15) is 13.2 Å². The summed E-state index contributed by atoms with van der Waals surface area (Å²) in [6, 6.07) is 4.78. The Morgan fingerprint density at radius 1 is 1.25 bits per heavy atom. The van der Waals surface area contributed by atoms with Crippen LogP contribution in [0, 0.1) is 6.92 Å². The van der Waals surface area contributed by atoms with Gasteiger partial charge in [0.25, 0.3) is 0 Å². The van der Waals surface area contributed by atoms with Gasteiger partial charge in [-0.25, -0.2) is 13.1 Å². The molecule has 20 heavy (non-hydrogen) atoms. The lowest BCUT2D eigenvalue weighted by molar-refractivity contribution is -0.135. The zero-order chi connectivity index (χ0) is 15.4. The molecule has 0 fully saturated rings. The second-order valence-corrected chi connectivity index (χ2v) is 6.99. The first-order chi connectivity index (χ1) is 9.12. The van der Waals surface area contributed by atoms with Crippen LogP contribution in [-0.2, 0) is 10.0 Å². The van der Waals surface area contributed by atoms with E-state index in [0.717, 1.165) is 5.56 Å². The Morgan fingerprint density at radius 3 is 2.45 bits per heavy atom. The minimum atomic E-state index is -4.20. The van der Waals surface area contributed by atoms with Crippen LogP contribution in [-0.4, -0.2) is 21.1 Å². The van der Waals surface area contributed by atoms with Gasteiger partial charge < -0.3 is 0 Å². The lowest BCUT2D eigenvalue weighted by Gasteiger charge is -2.09. The van der Waals surface area contributed by atoms with Crippen LogP contribution >= 0.6 is 15.9 Å². The van der Waals surface area contributed by atoms with Gasteiger partial charge in [-0.15, -0.1) is 0 Å². The number of hydrogen-bond acceptors (Lipinski definition) is 2. The summed E-state index contributed by atoms with van der Waals surface area (Å²) in [5.41, 5.74) is 0.904. The van der Waals surface area contributed by atoms with Crippen LogP contribution < -0.4 is 4.72 Å². The van der Waals surface area contributed by atoms with Crippen molar-refractivity contribution in [1.29, 1.82) is 0 Å². The number of rotatable bonds is 6. The fraction of sp³-hybridized carbons (Fsp3) is 0.500. The second kappa shape index (κ2) is 6.91. The largest absolute Gasteiger partial charge is 0.389 e. The van der Waals surface area contributed by atoms with Gasteiger partial charge in [0.2, 0.25) is 10.0 Å². The number of nitrogens with one attached hydrogen (secondary N) is 1. The molecule has 0 atom stereocenters. The van der Waals surface area contributed by atoms with E-state index >= 15 is 0 Å². The molecule has 1 N–H and O–H groups in total. The molecule has 1 aromatic rings. The number of alkyl halides is 3. The van der Waals surface area contributed by atoms with E-state index in [1.807, 2.05) is 6.92 Å². The molecule has 0 amide bonds. The highest BCUT2D eigenvalue weighted by Gasteiger charge is 2.26. The molecule has 0 aliphatic carbocycles. The van der Waals surface area contributed by atoms with Crippen molar-refractivity contribution in [3.8, 4) is 0 Å². The minimum absolute atomic E-state index is 0.0151. The number of hydrogen-bond donors (Lipinski definition) is 1. The maximum atomic E-state index is 12.0. The SMILES string of the molecule is Cc1ccc(S(=O)(=O)NCCCCC(F)(F)F)c(Br)c1. The van der Waals surface area contributed by atoms with Gasteiger partial charge in [-0.05, 0) is 53.4 Å². The summed E-state index contributed by atoms with van der Waals surface area (Å²) < 4.78 is 62.4. The van der Waals surface area contributed by atoms with Gasteiger partial charge in [-0.1, -0.05) is 6.07 Å². The molecule has 0 radical (unpaired) electrons. The smallest absolute Gasteiger partial charge is 0.211 e. The number of sulfonamides is 1. The topological polar surface area (TPSA) is 46.2 Å². The normalized spacial score (nSPS) is 12.7. The minimum Gasteiger partial charge on any atom is -0.211 e. The molecular weight excluding hydrogens is 359 g/mol. The molecule has 1 aromatic carbocycles. The predicted molar refractivity (Wildman–Crippen MR) is 74.0 cm³/mol. The third-order valence-electron chi connectivity index (χ3n) is 2.56. The highest BCUT2D eigenvalue weighted by molar-refractivity contribution is 9.10. The fourth-order valence-electron chi connectivity index (χ4n) is 1.56. The van der Waals surface area contributed by atoms with Crippen LogP contribution in [0.15, 0.2) is 27.6 Å². The second-order valence-electron chi connectivity index (χ2n) is 4.40. The number of benzene rings is 1. The van der Waals surface area contributed by atoms with Crippen molar-refractivity contribution >= 4 is 26.0 Å². The number of aryl methyl sites for hydroxylation is 1. The van der Waals surface area contributed by atoms with E-state index in [9.17, 15) is 21.6 Å². The summed E-state index contributed by atoms with van der Waals surface area (Å²) in [6.45, 7) is 1.81. The van der Waals surface area contributed by atoms with Crippen molar-refractivity contribution < 1.29 is 21.6 Å². The third kappa shape index (κ3) is 5.80. The van der Waals surface area contributed by atoms with Crippen molar-refractivity contribution in [2.75, 3.05) is 6.54 Å². The summed E-state index contributed by atoms with van der Waals surface area (Å²) in [5, 5.41) is 0. The molecule has 0 heterocycles. The van der Waals surface area contributed by atoms with E-state index in [1.165, 1.54) is 6.07 Å². The van der Waals surface area contributed by atoms with Crippen LogP contribution in [0.5, 0.6) is 0 Å². The molecule has 114 valence electrons. The molecular formula is C12H15BrF3NO2S. The van der Waals surface area contributed by atoms with Crippen LogP contribution in [0.1, 0.15) is 24.8 Å². The van der Waals surface area contributed by atoms with Gasteiger partial charge in [-0.3, -0.25) is 0 Å². The monoisotopic (exact) mass is 373 g/mol. The Morgan fingerprint density at radius 2 is 1.90 bits per heavy atom. The summed E-state index contributed by atoms with van der Waals surface area (Å²) in [6.07, 6.45) is -5.05. The molecule has 8 heteroatoms. The molecule has 1 rings (SSSR count). The van der Waals surface area contributed by atoms with Crippen LogP contribution in [0.25, 0.3) is 0 Å². The van der Waals surface area contributed by atoms with Gasteiger partial charge in [0.15, 0.2) is 0 Å². The first kappa shape index (κ1) is 17.5. The first-order valence-corrected chi connectivity index (χ1v) is 8.22. The maximum Gasteiger partial charge on any atom is 0.389 e. The number of unbranched alkanes of at least 4 members (excludes halogenated alkanes) is 1.